The molecule has 0 saturated heterocycles. The maximum atomic E-state index is 5.86. The van der Waals surface area contributed by atoms with Gasteiger partial charge in [-0.3, -0.25) is 0 Å². The maximum absolute atomic E-state index is 5.86. The van der Waals surface area contributed by atoms with Crippen LogP contribution < -0.4 is 9.47 Å². The Morgan fingerprint density at radius 3 is 2.55 bits per heavy atom. The number of rotatable bonds is 7. The molecule has 0 aromatic heterocycles. The molecule has 0 spiro atoms. The largest absolute Gasteiger partial charge is 0.497 e. The van der Waals surface area contributed by atoms with Gasteiger partial charge in [0.15, 0.2) is 0 Å². The van der Waals surface area contributed by atoms with Crippen LogP contribution in [0.4, 0.5) is 0 Å². The van der Waals surface area contributed by atoms with E-state index in [9.17, 15) is 0 Å². The van der Waals surface area contributed by atoms with Gasteiger partial charge in [0.25, 0.3) is 0 Å². The molecule has 0 N–H and O–H groups in total. The number of halogens is 2. The van der Waals surface area contributed by atoms with Crippen LogP contribution in [-0.2, 0) is 0 Å². The summed E-state index contributed by atoms with van der Waals surface area (Å²) in [5.41, 5.74) is 0. The summed E-state index contributed by atoms with van der Waals surface area (Å²) in [6.45, 7) is 0.750. The van der Waals surface area contributed by atoms with Gasteiger partial charge in [0.05, 0.1) is 22.7 Å². The summed E-state index contributed by atoms with van der Waals surface area (Å²) in [5.74, 6) is 2.46. The Bertz CT molecular complexity index is 449. The van der Waals surface area contributed by atoms with Gasteiger partial charge in [-0.15, -0.1) is 0 Å². The highest BCUT2D eigenvalue weighted by Crippen LogP contribution is 2.37. The summed E-state index contributed by atoms with van der Waals surface area (Å²) in [4.78, 5) is 0. The number of ether oxygens (including phenoxy) is 2. The van der Waals surface area contributed by atoms with Gasteiger partial charge < -0.3 is 9.47 Å². The fourth-order valence-electron chi connectivity index (χ4n) is 2.41. The predicted molar refractivity (Wildman–Crippen MR) is 89.6 cm³/mol. The summed E-state index contributed by atoms with van der Waals surface area (Å²) in [6.07, 6.45) is 10.8. The van der Waals surface area contributed by atoms with Crippen molar-refractivity contribution in [3.05, 3.63) is 33.2 Å². The standard InChI is InChI=1S/C16H20Br2O2/c1-19-13-10-14(17)16(15(18)11-13)20-9-5-4-8-12-6-2-3-7-12/h2,6,10-12H,3-5,7-9H2,1H3. The summed E-state index contributed by atoms with van der Waals surface area (Å²) in [7, 11) is 1.66. The molecule has 2 nitrogen and oxygen atoms in total. The van der Waals surface area contributed by atoms with Crippen LogP contribution in [0.3, 0.4) is 0 Å². The van der Waals surface area contributed by atoms with Crippen LogP contribution >= 0.6 is 31.9 Å². The predicted octanol–water partition coefficient (Wildman–Crippen LogP) is 5.74. The highest BCUT2D eigenvalue weighted by Gasteiger charge is 2.10. The van der Waals surface area contributed by atoms with E-state index in [1.807, 2.05) is 12.1 Å². The number of methoxy groups -OCH3 is 1. The minimum absolute atomic E-state index is 0.750. The molecule has 1 aromatic carbocycles. The monoisotopic (exact) mass is 402 g/mol. The molecule has 1 unspecified atom stereocenters. The average molecular weight is 404 g/mol. The smallest absolute Gasteiger partial charge is 0.147 e. The second-order valence-electron chi connectivity index (χ2n) is 5.03. The Kier molecular flexibility index (Phi) is 6.43. The zero-order valence-electron chi connectivity index (χ0n) is 11.7. The van der Waals surface area contributed by atoms with E-state index in [0.717, 1.165) is 39.4 Å². The van der Waals surface area contributed by atoms with Gasteiger partial charge in [0.2, 0.25) is 0 Å². The molecule has 2 rings (SSSR count). The van der Waals surface area contributed by atoms with Crippen molar-refractivity contribution in [3.8, 4) is 11.5 Å². The lowest BCUT2D eigenvalue weighted by Crippen LogP contribution is -2.00. The summed E-state index contributed by atoms with van der Waals surface area (Å²) in [5, 5.41) is 0. The van der Waals surface area contributed by atoms with Crippen molar-refractivity contribution in [1.82, 2.24) is 0 Å². The number of benzene rings is 1. The highest BCUT2D eigenvalue weighted by molar-refractivity contribution is 9.11. The van der Waals surface area contributed by atoms with Gasteiger partial charge in [-0.25, -0.2) is 0 Å². The van der Waals surface area contributed by atoms with E-state index in [-0.39, 0.29) is 0 Å². The lowest BCUT2D eigenvalue weighted by Gasteiger charge is -2.12. The van der Waals surface area contributed by atoms with Crippen molar-refractivity contribution in [2.45, 2.75) is 32.1 Å². The normalized spacial score (nSPS) is 17.4. The first-order valence-corrected chi connectivity index (χ1v) is 8.62. The zero-order valence-corrected chi connectivity index (χ0v) is 14.9. The van der Waals surface area contributed by atoms with E-state index in [4.69, 9.17) is 9.47 Å². The Morgan fingerprint density at radius 1 is 1.20 bits per heavy atom. The second-order valence-corrected chi connectivity index (χ2v) is 6.74. The lowest BCUT2D eigenvalue weighted by atomic mass is 10.0. The third-order valence-electron chi connectivity index (χ3n) is 3.54. The van der Waals surface area contributed by atoms with E-state index in [0.29, 0.717) is 0 Å². The first-order chi connectivity index (χ1) is 9.70. The molecular weight excluding hydrogens is 384 g/mol. The molecule has 0 radical (unpaired) electrons. The lowest BCUT2D eigenvalue weighted by molar-refractivity contribution is 0.297. The van der Waals surface area contributed by atoms with Crippen molar-refractivity contribution in [1.29, 1.82) is 0 Å². The van der Waals surface area contributed by atoms with E-state index in [1.54, 1.807) is 7.11 Å². The Balaban J connectivity index is 1.74. The van der Waals surface area contributed by atoms with E-state index in [2.05, 4.69) is 44.0 Å². The van der Waals surface area contributed by atoms with E-state index < -0.39 is 0 Å². The summed E-state index contributed by atoms with van der Waals surface area (Å²) in [6, 6.07) is 3.84. The summed E-state index contributed by atoms with van der Waals surface area (Å²) < 4.78 is 12.9. The molecule has 110 valence electrons. The number of allylic oxidation sites excluding steroid dienone is 2. The van der Waals surface area contributed by atoms with Crippen LogP contribution in [0.2, 0.25) is 0 Å². The Hall–Kier alpha value is -0.480. The van der Waals surface area contributed by atoms with Crippen molar-refractivity contribution < 1.29 is 9.47 Å². The van der Waals surface area contributed by atoms with Crippen LogP contribution in [0.25, 0.3) is 0 Å². The fraction of sp³-hybridized carbons (Fsp3) is 0.500. The summed E-state index contributed by atoms with van der Waals surface area (Å²) >= 11 is 7.04. The van der Waals surface area contributed by atoms with Crippen LogP contribution in [0, 0.1) is 5.92 Å². The molecule has 0 fully saturated rings. The molecule has 0 aliphatic heterocycles. The van der Waals surface area contributed by atoms with Crippen molar-refractivity contribution in [2.24, 2.45) is 5.92 Å². The first-order valence-electron chi connectivity index (χ1n) is 7.03. The van der Waals surface area contributed by atoms with Crippen molar-refractivity contribution in [3.63, 3.8) is 0 Å². The molecule has 4 heteroatoms. The Labute approximate surface area is 137 Å². The number of unbranched alkanes of at least 4 members (excludes halogenated alkanes) is 1. The minimum Gasteiger partial charge on any atom is -0.497 e. The van der Waals surface area contributed by atoms with Gasteiger partial charge in [0, 0.05) is 0 Å². The maximum Gasteiger partial charge on any atom is 0.147 e. The van der Waals surface area contributed by atoms with Crippen LogP contribution in [0.1, 0.15) is 32.1 Å². The second kappa shape index (κ2) is 8.08. The molecule has 1 aliphatic carbocycles. The third-order valence-corrected chi connectivity index (χ3v) is 4.71. The molecule has 1 atom stereocenters. The fourth-order valence-corrected chi connectivity index (χ4v) is 3.78. The van der Waals surface area contributed by atoms with E-state index >= 15 is 0 Å². The van der Waals surface area contributed by atoms with E-state index in [1.165, 1.54) is 25.7 Å². The van der Waals surface area contributed by atoms with Crippen LogP contribution in [-0.4, -0.2) is 13.7 Å². The number of hydrogen-bond acceptors (Lipinski definition) is 2. The molecular formula is C16H20Br2O2. The van der Waals surface area contributed by atoms with Crippen molar-refractivity contribution >= 4 is 31.9 Å². The average Bonchev–Trinajstić information content (AvgIpc) is 2.94. The van der Waals surface area contributed by atoms with Gasteiger partial charge in [-0.1, -0.05) is 12.2 Å². The molecule has 0 bridgehead atoms. The topological polar surface area (TPSA) is 18.5 Å². The zero-order chi connectivity index (χ0) is 14.4. The van der Waals surface area contributed by atoms with Crippen molar-refractivity contribution in [2.75, 3.05) is 13.7 Å². The van der Waals surface area contributed by atoms with Crippen LogP contribution in [0.5, 0.6) is 11.5 Å². The van der Waals surface area contributed by atoms with Gasteiger partial charge >= 0.3 is 0 Å². The van der Waals surface area contributed by atoms with Gasteiger partial charge in [-0.2, -0.15) is 0 Å². The SMILES string of the molecule is COc1cc(Br)c(OCCCCC2C=CCC2)c(Br)c1. The highest BCUT2D eigenvalue weighted by atomic mass is 79.9. The molecule has 0 amide bonds. The van der Waals surface area contributed by atoms with Crippen LogP contribution in [0.15, 0.2) is 33.2 Å². The van der Waals surface area contributed by atoms with Gasteiger partial charge in [-0.05, 0) is 82.0 Å². The first kappa shape index (κ1) is 15.9. The minimum atomic E-state index is 0.750. The number of hydrogen-bond donors (Lipinski definition) is 0. The molecule has 20 heavy (non-hydrogen) atoms. The Morgan fingerprint density at radius 2 is 1.95 bits per heavy atom. The molecule has 1 aromatic rings. The molecule has 0 heterocycles. The molecule has 1 aliphatic rings. The molecule has 0 saturated carbocycles. The quantitative estimate of drug-likeness (QED) is 0.427. The third kappa shape index (κ3) is 4.52. The van der Waals surface area contributed by atoms with Gasteiger partial charge in [0.1, 0.15) is 11.5 Å².